The molecule has 0 fully saturated rings. The van der Waals surface area contributed by atoms with Gasteiger partial charge in [0.1, 0.15) is 0 Å². The number of unbranched alkanes of at least 4 members (excludes halogenated alkanes) is 6. The molecule has 0 rings (SSSR count). The van der Waals surface area contributed by atoms with E-state index in [1.165, 1.54) is 25.7 Å². The van der Waals surface area contributed by atoms with E-state index in [2.05, 4.69) is 11.7 Å². The Morgan fingerprint density at radius 3 is 2.07 bits per heavy atom. The van der Waals surface area contributed by atoms with E-state index >= 15 is 0 Å². The molecule has 4 nitrogen and oxygen atoms in total. The van der Waals surface area contributed by atoms with Crippen LogP contribution in [0.1, 0.15) is 51.9 Å². The van der Waals surface area contributed by atoms with E-state index in [-0.39, 0.29) is 0 Å². The van der Waals surface area contributed by atoms with Crippen LogP contribution in [0.3, 0.4) is 0 Å². The molecule has 88 valence electrons. The molecule has 0 aliphatic heterocycles. The van der Waals surface area contributed by atoms with E-state index in [0.29, 0.717) is 6.61 Å². The van der Waals surface area contributed by atoms with Gasteiger partial charge in [0.2, 0.25) is 0 Å². The molecule has 0 aromatic heterocycles. The lowest BCUT2D eigenvalue weighted by molar-refractivity contribution is -0.153. The van der Waals surface area contributed by atoms with Crippen molar-refractivity contribution in [1.82, 2.24) is 0 Å². The summed E-state index contributed by atoms with van der Waals surface area (Å²) in [5, 5.41) is 0. The number of hydrogen-bond donors (Lipinski definition) is 1. The van der Waals surface area contributed by atoms with Gasteiger partial charge in [-0.05, 0) is 6.42 Å². The summed E-state index contributed by atoms with van der Waals surface area (Å²) in [5.74, 6) is -1.95. The quantitative estimate of drug-likeness (QED) is 0.381. The van der Waals surface area contributed by atoms with E-state index in [1.54, 1.807) is 0 Å². The number of esters is 1. The fourth-order valence-electron chi connectivity index (χ4n) is 1.30. The van der Waals surface area contributed by atoms with Crippen LogP contribution in [-0.2, 0) is 14.3 Å². The topological polar surface area (TPSA) is 69.4 Å². The molecule has 0 saturated heterocycles. The molecule has 0 heterocycles. The van der Waals surface area contributed by atoms with Crippen molar-refractivity contribution in [1.29, 1.82) is 0 Å². The Morgan fingerprint density at radius 1 is 1.00 bits per heavy atom. The van der Waals surface area contributed by atoms with Gasteiger partial charge in [0, 0.05) is 0 Å². The molecule has 15 heavy (non-hydrogen) atoms. The highest BCUT2D eigenvalue weighted by atomic mass is 16.5. The second-order valence-electron chi connectivity index (χ2n) is 3.62. The largest absolute Gasteiger partial charge is 0.459 e. The number of hydrogen-bond acceptors (Lipinski definition) is 3. The molecule has 0 aliphatic carbocycles. The van der Waals surface area contributed by atoms with Gasteiger partial charge in [0.15, 0.2) is 0 Å². The third-order valence-corrected chi connectivity index (χ3v) is 2.18. The number of rotatable bonds is 8. The van der Waals surface area contributed by atoms with E-state index in [1.807, 2.05) is 0 Å². The van der Waals surface area contributed by atoms with Gasteiger partial charge in [-0.15, -0.1) is 0 Å². The van der Waals surface area contributed by atoms with Gasteiger partial charge in [0.05, 0.1) is 6.61 Å². The molecule has 4 heteroatoms. The minimum absolute atomic E-state index is 0.301. The highest BCUT2D eigenvalue weighted by Gasteiger charge is 2.08. The maximum Gasteiger partial charge on any atom is 0.396 e. The number of carbonyl (C=O) groups is 2. The van der Waals surface area contributed by atoms with Gasteiger partial charge < -0.3 is 10.5 Å². The van der Waals surface area contributed by atoms with Gasteiger partial charge in [0.25, 0.3) is 0 Å². The molecular formula is C11H21NO3. The normalized spacial score (nSPS) is 9.93. The Balaban J connectivity index is 3.11. The molecule has 0 radical (unpaired) electrons. The van der Waals surface area contributed by atoms with Gasteiger partial charge in [-0.1, -0.05) is 45.4 Å². The molecule has 0 unspecified atom stereocenters. The lowest BCUT2D eigenvalue weighted by Gasteiger charge is -2.02. The second kappa shape index (κ2) is 9.49. The van der Waals surface area contributed by atoms with Crippen LogP contribution < -0.4 is 5.73 Å². The fraction of sp³-hybridized carbons (Fsp3) is 0.818. The van der Waals surface area contributed by atoms with Crippen molar-refractivity contribution in [2.45, 2.75) is 51.9 Å². The Hall–Kier alpha value is -1.06. The first-order valence-corrected chi connectivity index (χ1v) is 5.65. The predicted octanol–water partition coefficient (Wildman–Crippen LogP) is 1.77. The third-order valence-electron chi connectivity index (χ3n) is 2.18. The first-order valence-electron chi connectivity index (χ1n) is 5.65. The standard InChI is InChI=1S/C11H21NO3/c1-2-3-4-5-6-7-8-9-15-11(14)10(12)13/h2-9H2,1H3,(H2,12,13). The monoisotopic (exact) mass is 215 g/mol. The summed E-state index contributed by atoms with van der Waals surface area (Å²) in [7, 11) is 0. The zero-order chi connectivity index (χ0) is 11.5. The number of nitrogens with two attached hydrogens (primary N) is 1. The van der Waals surface area contributed by atoms with Crippen LogP contribution in [0.5, 0.6) is 0 Å². The molecule has 0 aromatic carbocycles. The van der Waals surface area contributed by atoms with Crippen molar-refractivity contribution >= 4 is 11.9 Å². The van der Waals surface area contributed by atoms with Crippen molar-refractivity contribution in [3.05, 3.63) is 0 Å². The molecule has 1 amide bonds. The minimum atomic E-state index is -1.02. The van der Waals surface area contributed by atoms with E-state index in [0.717, 1.165) is 19.3 Å². The van der Waals surface area contributed by atoms with Crippen LogP contribution in [0.15, 0.2) is 0 Å². The van der Waals surface area contributed by atoms with E-state index < -0.39 is 11.9 Å². The molecule has 0 saturated carbocycles. The van der Waals surface area contributed by atoms with E-state index in [4.69, 9.17) is 5.73 Å². The van der Waals surface area contributed by atoms with Crippen LogP contribution in [0, 0.1) is 0 Å². The zero-order valence-corrected chi connectivity index (χ0v) is 9.46. The van der Waals surface area contributed by atoms with Gasteiger partial charge >= 0.3 is 11.9 Å². The van der Waals surface area contributed by atoms with Crippen LogP contribution in [0.4, 0.5) is 0 Å². The molecule has 0 aliphatic rings. The zero-order valence-electron chi connectivity index (χ0n) is 9.46. The Bertz CT molecular complexity index is 192. The summed E-state index contributed by atoms with van der Waals surface area (Å²) in [6.45, 7) is 2.48. The first kappa shape index (κ1) is 13.9. The van der Waals surface area contributed by atoms with Crippen molar-refractivity contribution in [3.63, 3.8) is 0 Å². The van der Waals surface area contributed by atoms with Crippen LogP contribution in [0.25, 0.3) is 0 Å². The highest BCUT2D eigenvalue weighted by Crippen LogP contribution is 2.06. The van der Waals surface area contributed by atoms with Crippen molar-refractivity contribution < 1.29 is 14.3 Å². The number of primary amides is 1. The van der Waals surface area contributed by atoms with Crippen molar-refractivity contribution in [2.24, 2.45) is 5.73 Å². The Morgan fingerprint density at radius 2 is 1.53 bits per heavy atom. The van der Waals surface area contributed by atoms with E-state index in [9.17, 15) is 9.59 Å². The SMILES string of the molecule is CCCCCCCCCOC(=O)C(N)=O. The van der Waals surface area contributed by atoms with Crippen LogP contribution >= 0.6 is 0 Å². The maximum absolute atomic E-state index is 10.6. The fourth-order valence-corrected chi connectivity index (χ4v) is 1.30. The summed E-state index contributed by atoms with van der Waals surface area (Å²) >= 11 is 0. The average molecular weight is 215 g/mol. The smallest absolute Gasteiger partial charge is 0.396 e. The molecule has 0 atom stereocenters. The predicted molar refractivity (Wildman–Crippen MR) is 58.1 cm³/mol. The van der Waals surface area contributed by atoms with Crippen molar-refractivity contribution in [3.8, 4) is 0 Å². The summed E-state index contributed by atoms with van der Waals surface area (Å²) in [5.41, 5.74) is 4.72. The summed E-state index contributed by atoms with van der Waals surface area (Å²) in [4.78, 5) is 20.9. The van der Waals surface area contributed by atoms with Crippen molar-refractivity contribution in [2.75, 3.05) is 6.61 Å². The van der Waals surface area contributed by atoms with Crippen LogP contribution in [0.2, 0.25) is 0 Å². The first-order chi connectivity index (χ1) is 7.18. The Labute approximate surface area is 91.2 Å². The van der Waals surface area contributed by atoms with Gasteiger partial charge in [-0.25, -0.2) is 4.79 Å². The highest BCUT2D eigenvalue weighted by molar-refractivity contribution is 6.31. The van der Waals surface area contributed by atoms with Gasteiger partial charge in [-0.2, -0.15) is 0 Å². The third kappa shape index (κ3) is 9.25. The molecule has 0 spiro atoms. The summed E-state index contributed by atoms with van der Waals surface area (Å²) in [6, 6.07) is 0. The van der Waals surface area contributed by atoms with Gasteiger partial charge in [-0.3, -0.25) is 4.79 Å². The minimum Gasteiger partial charge on any atom is -0.459 e. The Kier molecular flexibility index (Phi) is 8.82. The number of amides is 1. The number of ether oxygens (including phenoxy) is 1. The molecule has 2 N–H and O–H groups in total. The second-order valence-corrected chi connectivity index (χ2v) is 3.62. The van der Waals surface area contributed by atoms with Crippen LogP contribution in [-0.4, -0.2) is 18.5 Å². The lowest BCUT2D eigenvalue weighted by atomic mass is 10.1. The maximum atomic E-state index is 10.6. The molecular weight excluding hydrogens is 194 g/mol. The lowest BCUT2D eigenvalue weighted by Crippen LogP contribution is -2.25. The number of carbonyl (C=O) groups excluding carboxylic acids is 2. The molecule has 0 bridgehead atoms. The summed E-state index contributed by atoms with van der Waals surface area (Å²) in [6.07, 6.45) is 8.05. The summed E-state index contributed by atoms with van der Waals surface area (Å²) < 4.78 is 4.62. The molecule has 0 aromatic rings. The average Bonchev–Trinajstić information content (AvgIpc) is 2.21.